The third-order valence-corrected chi connectivity index (χ3v) is 6.10. The first-order chi connectivity index (χ1) is 16.1. The fourth-order valence-corrected chi connectivity index (χ4v) is 4.17. The standard InChI is InChI=1S/C29H41N3O2/c1-9-24(10-2)34-29(31)26-15-13-20(5)27-16-23(14-12-19(27)4)25(11-3)22(7)33-21(6)17-32(8)18-28(26)30/h11-16,21,24,31H,3,5,9-10,17-18,30H2,1-2,4,6-8H3/b15-13+,25-22-,28-26-,31-29?/t21-/m0/s1. The van der Waals surface area contributed by atoms with E-state index in [1.54, 1.807) is 0 Å². The van der Waals surface area contributed by atoms with Gasteiger partial charge in [0.2, 0.25) is 5.90 Å². The van der Waals surface area contributed by atoms with E-state index in [0.29, 0.717) is 24.4 Å². The van der Waals surface area contributed by atoms with Crippen LogP contribution in [0.1, 0.15) is 57.2 Å². The molecule has 0 saturated heterocycles. The van der Waals surface area contributed by atoms with Gasteiger partial charge in [0.05, 0.1) is 11.7 Å². The Morgan fingerprint density at radius 1 is 1.29 bits per heavy atom. The van der Waals surface area contributed by atoms with Crippen LogP contribution in [0.15, 0.2) is 66.6 Å². The zero-order valence-corrected chi connectivity index (χ0v) is 21.7. The van der Waals surface area contributed by atoms with E-state index in [9.17, 15) is 0 Å². The SMILES string of the molecule is C=C/C1=C(\C)O[C@@H](C)CN(C)C/C(N)=C(C(=N)OC(CC)CC)\C=C\C(=C)c2cc1ccc2C. The minimum Gasteiger partial charge on any atom is -0.493 e. The van der Waals surface area contributed by atoms with Crippen molar-refractivity contribution in [3.63, 3.8) is 0 Å². The summed E-state index contributed by atoms with van der Waals surface area (Å²) in [5, 5.41) is 8.65. The van der Waals surface area contributed by atoms with Crippen molar-refractivity contribution in [3.8, 4) is 0 Å². The molecule has 34 heavy (non-hydrogen) atoms. The predicted octanol–water partition coefficient (Wildman–Crippen LogP) is 6.23. The number of benzene rings is 1. The maximum atomic E-state index is 8.65. The van der Waals surface area contributed by atoms with Gasteiger partial charge in [0.25, 0.3) is 0 Å². The van der Waals surface area contributed by atoms with E-state index in [4.69, 9.17) is 20.6 Å². The third-order valence-electron chi connectivity index (χ3n) is 6.10. The lowest BCUT2D eigenvalue weighted by atomic mass is 9.94. The van der Waals surface area contributed by atoms with Crippen LogP contribution in [-0.4, -0.2) is 43.1 Å². The van der Waals surface area contributed by atoms with Crippen LogP contribution in [-0.2, 0) is 9.47 Å². The van der Waals surface area contributed by atoms with E-state index in [-0.39, 0.29) is 18.1 Å². The molecule has 1 aromatic carbocycles. The summed E-state index contributed by atoms with van der Waals surface area (Å²) >= 11 is 0. The van der Waals surface area contributed by atoms with Crippen molar-refractivity contribution in [2.24, 2.45) is 5.73 Å². The lowest BCUT2D eigenvalue weighted by Crippen LogP contribution is -2.33. The van der Waals surface area contributed by atoms with Crippen LogP contribution in [0.4, 0.5) is 0 Å². The Bertz CT molecular complexity index is 1010. The van der Waals surface area contributed by atoms with Gasteiger partial charge in [-0.05, 0) is 75.1 Å². The van der Waals surface area contributed by atoms with Crippen molar-refractivity contribution in [1.29, 1.82) is 5.41 Å². The van der Waals surface area contributed by atoms with Crippen molar-refractivity contribution >= 4 is 17.0 Å². The predicted molar refractivity (Wildman–Crippen MR) is 145 cm³/mol. The van der Waals surface area contributed by atoms with E-state index >= 15 is 0 Å². The topological polar surface area (TPSA) is 71.6 Å². The second-order valence-electron chi connectivity index (χ2n) is 9.01. The Morgan fingerprint density at radius 2 is 1.97 bits per heavy atom. The van der Waals surface area contributed by atoms with E-state index in [1.165, 1.54) is 0 Å². The quantitative estimate of drug-likeness (QED) is 0.401. The molecule has 1 atom stereocenters. The Kier molecular flexibility index (Phi) is 9.94. The highest BCUT2D eigenvalue weighted by atomic mass is 16.5. The molecule has 184 valence electrons. The van der Waals surface area contributed by atoms with Crippen LogP contribution >= 0.6 is 0 Å². The summed E-state index contributed by atoms with van der Waals surface area (Å²) < 4.78 is 12.2. The molecule has 1 aliphatic rings. The molecule has 2 bridgehead atoms. The fourth-order valence-electron chi connectivity index (χ4n) is 4.17. The van der Waals surface area contributed by atoms with Gasteiger partial charge in [-0.1, -0.05) is 51.3 Å². The molecule has 0 spiro atoms. The van der Waals surface area contributed by atoms with Crippen molar-refractivity contribution in [1.82, 2.24) is 4.90 Å². The summed E-state index contributed by atoms with van der Waals surface area (Å²) in [6.07, 6.45) is 7.21. The van der Waals surface area contributed by atoms with Crippen LogP contribution in [0.25, 0.3) is 11.1 Å². The first-order valence-corrected chi connectivity index (χ1v) is 12.0. The molecule has 1 heterocycles. The van der Waals surface area contributed by atoms with Gasteiger partial charge in [-0.15, -0.1) is 0 Å². The van der Waals surface area contributed by atoms with Crippen molar-refractivity contribution in [3.05, 3.63) is 83.3 Å². The molecule has 5 heteroatoms. The zero-order chi connectivity index (χ0) is 25.4. The number of ether oxygens (including phenoxy) is 2. The normalized spacial score (nSPS) is 23.6. The fraction of sp³-hybridized carbons (Fsp3) is 0.414. The molecule has 3 N–H and O–H groups in total. The molecule has 0 saturated carbocycles. The molecular weight excluding hydrogens is 422 g/mol. The molecule has 0 radical (unpaired) electrons. The minimum absolute atomic E-state index is 0.0162. The molecule has 0 unspecified atom stereocenters. The van der Waals surface area contributed by atoms with Gasteiger partial charge < -0.3 is 15.2 Å². The number of nitrogens with two attached hydrogens (primary N) is 1. The highest BCUT2D eigenvalue weighted by molar-refractivity contribution is 5.95. The van der Waals surface area contributed by atoms with Crippen LogP contribution in [0.2, 0.25) is 0 Å². The average Bonchev–Trinajstić information content (AvgIpc) is 2.78. The number of hydrogen-bond donors (Lipinski definition) is 2. The molecular formula is C29H41N3O2. The number of fused-ring (bicyclic) bond motifs is 2. The lowest BCUT2D eigenvalue weighted by Gasteiger charge is -2.24. The summed E-state index contributed by atoms with van der Waals surface area (Å²) in [7, 11) is 2.00. The number of nitrogens with one attached hydrogen (secondary N) is 1. The van der Waals surface area contributed by atoms with Crippen LogP contribution in [0, 0.1) is 12.3 Å². The third kappa shape index (κ3) is 6.97. The van der Waals surface area contributed by atoms with Crippen molar-refractivity contribution < 1.29 is 9.47 Å². The number of nitrogens with zero attached hydrogens (tertiary/aromatic N) is 1. The summed E-state index contributed by atoms with van der Waals surface area (Å²) in [6, 6.07) is 6.28. The second-order valence-corrected chi connectivity index (χ2v) is 9.01. The average molecular weight is 464 g/mol. The van der Waals surface area contributed by atoms with Gasteiger partial charge >= 0.3 is 0 Å². The van der Waals surface area contributed by atoms with E-state index in [0.717, 1.165) is 46.4 Å². The number of rotatable bonds is 5. The van der Waals surface area contributed by atoms with Gasteiger partial charge in [0.15, 0.2) is 0 Å². The van der Waals surface area contributed by atoms with Crippen molar-refractivity contribution in [2.75, 3.05) is 20.1 Å². The lowest BCUT2D eigenvalue weighted by molar-refractivity contribution is 0.102. The Morgan fingerprint density at radius 3 is 2.59 bits per heavy atom. The van der Waals surface area contributed by atoms with Crippen LogP contribution in [0.5, 0.6) is 0 Å². The summed E-state index contributed by atoms with van der Waals surface area (Å²) in [6.45, 7) is 19.7. The first kappa shape index (κ1) is 27.2. The Balaban J connectivity index is 2.60. The highest BCUT2D eigenvalue weighted by Crippen LogP contribution is 2.28. The van der Waals surface area contributed by atoms with Gasteiger partial charge in [0, 0.05) is 24.4 Å². The summed E-state index contributed by atoms with van der Waals surface area (Å²) in [5.41, 5.74) is 12.6. The zero-order valence-electron chi connectivity index (χ0n) is 21.7. The summed E-state index contributed by atoms with van der Waals surface area (Å²) in [5.74, 6) is 0.917. The molecule has 1 aliphatic heterocycles. The molecule has 0 aliphatic carbocycles. The Labute approximate surface area is 205 Å². The summed E-state index contributed by atoms with van der Waals surface area (Å²) in [4.78, 5) is 2.10. The van der Waals surface area contributed by atoms with Gasteiger partial charge in [-0.25, -0.2) is 0 Å². The maximum absolute atomic E-state index is 8.65. The van der Waals surface area contributed by atoms with Crippen molar-refractivity contribution in [2.45, 2.75) is 59.7 Å². The van der Waals surface area contributed by atoms with E-state index in [1.807, 2.05) is 39.1 Å². The largest absolute Gasteiger partial charge is 0.493 e. The van der Waals surface area contributed by atoms with Gasteiger partial charge in [0.1, 0.15) is 11.9 Å². The first-order valence-electron chi connectivity index (χ1n) is 12.0. The number of hydrogen-bond acceptors (Lipinski definition) is 5. The minimum atomic E-state index is -0.0583. The van der Waals surface area contributed by atoms with E-state index < -0.39 is 0 Å². The molecule has 0 amide bonds. The number of likely N-dealkylation sites (N-methyl/N-ethyl adjacent to an activating group) is 1. The molecule has 0 aromatic heterocycles. The molecule has 0 fully saturated rings. The van der Waals surface area contributed by atoms with Crippen LogP contribution < -0.4 is 5.73 Å². The van der Waals surface area contributed by atoms with Gasteiger partial charge in [-0.3, -0.25) is 10.3 Å². The molecule has 1 aromatic rings. The van der Waals surface area contributed by atoms with E-state index in [2.05, 4.69) is 57.0 Å². The smallest absolute Gasteiger partial charge is 0.215 e. The Hall–Kier alpha value is -3.05. The molecule has 2 rings (SSSR count). The van der Waals surface area contributed by atoms with Crippen LogP contribution in [0.3, 0.4) is 0 Å². The maximum Gasteiger partial charge on any atom is 0.215 e. The highest BCUT2D eigenvalue weighted by Gasteiger charge is 2.17. The second kappa shape index (κ2) is 12.4. The number of aryl methyl sites for hydroxylation is 1. The monoisotopic (exact) mass is 463 g/mol. The molecule has 5 nitrogen and oxygen atoms in total. The number of allylic oxidation sites excluding steroid dienone is 5. The van der Waals surface area contributed by atoms with Gasteiger partial charge in [-0.2, -0.15) is 0 Å².